The maximum Gasteiger partial charge on any atom is 0.342 e. The van der Waals surface area contributed by atoms with Crippen LogP contribution in [0.2, 0.25) is 5.02 Å². The number of H-pyrrole nitrogens is 2. The van der Waals surface area contributed by atoms with Gasteiger partial charge in [-0.25, -0.2) is 9.89 Å². The summed E-state index contributed by atoms with van der Waals surface area (Å²) in [6.45, 7) is 0.152. The first-order valence-electron chi connectivity index (χ1n) is 5.28. The molecule has 0 saturated heterocycles. The lowest BCUT2D eigenvalue weighted by Gasteiger charge is -2.05. The zero-order chi connectivity index (χ0) is 13.8. The van der Waals surface area contributed by atoms with Crippen LogP contribution in [0.4, 0.5) is 0 Å². The van der Waals surface area contributed by atoms with Gasteiger partial charge in [-0.2, -0.15) is 5.10 Å². The summed E-state index contributed by atoms with van der Waals surface area (Å²) in [5, 5.41) is 8.36. The van der Waals surface area contributed by atoms with E-state index < -0.39 is 22.9 Å². The molecule has 0 radical (unpaired) electrons. The normalized spacial score (nSPS) is 10.2. The number of carbonyl (C=O) groups excluding carboxylic acids is 1. The van der Waals surface area contributed by atoms with Crippen molar-refractivity contribution >= 4 is 17.5 Å². The van der Waals surface area contributed by atoms with E-state index in [2.05, 4.69) is 10.4 Å². The molecule has 0 saturated carbocycles. The zero-order valence-electron chi connectivity index (χ0n) is 9.57. The molecule has 19 heavy (non-hydrogen) atoms. The third kappa shape index (κ3) is 3.08. The molecule has 0 bridgehead atoms. The molecule has 0 atom stereocenters. The minimum Gasteiger partial charge on any atom is -0.346 e. The van der Waals surface area contributed by atoms with Crippen LogP contribution in [0.25, 0.3) is 0 Å². The van der Waals surface area contributed by atoms with Gasteiger partial charge in [0, 0.05) is 11.6 Å². The topological polar surface area (TPSA) is 108 Å². The van der Waals surface area contributed by atoms with Crippen LogP contribution in [0.3, 0.4) is 0 Å². The van der Waals surface area contributed by atoms with Crippen molar-refractivity contribution in [3.05, 3.63) is 61.4 Å². The van der Waals surface area contributed by atoms with Crippen molar-refractivity contribution in [3.8, 4) is 0 Å². The maximum absolute atomic E-state index is 11.7. The number of hydrogen-bond donors (Lipinski definition) is 3. The Balaban J connectivity index is 2.12. The molecule has 2 rings (SSSR count). The number of rotatable bonds is 3. The Morgan fingerprint density at radius 2 is 2.05 bits per heavy atom. The molecule has 0 unspecified atom stereocenters. The van der Waals surface area contributed by atoms with Crippen molar-refractivity contribution in [3.63, 3.8) is 0 Å². The molecule has 2 aromatic rings. The number of nitrogens with one attached hydrogen (secondary N) is 3. The van der Waals surface area contributed by atoms with Crippen LogP contribution in [0, 0.1) is 0 Å². The highest BCUT2D eigenvalue weighted by Gasteiger charge is 2.13. The molecule has 1 aromatic heterocycles. The minimum absolute atomic E-state index is 0.152. The summed E-state index contributed by atoms with van der Waals surface area (Å²) in [7, 11) is 0. The fourth-order valence-electron chi connectivity index (χ4n) is 1.40. The highest BCUT2D eigenvalue weighted by atomic mass is 35.5. The minimum atomic E-state index is -0.847. The quantitative estimate of drug-likeness (QED) is 0.738. The van der Waals surface area contributed by atoms with Crippen molar-refractivity contribution in [2.45, 2.75) is 6.54 Å². The summed E-state index contributed by atoms with van der Waals surface area (Å²) in [6.07, 6.45) is 0. The molecule has 0 aliphatic carbocycles. The van der Waals surface area contributed by atoms with Gasteiger partial charge in [0.15, 0.2) is 0 Å². The number of hydrogen-bond acceptors (Lipinski definition) is 4. The maximum atomic E-state index is 11.7. The van der Waals surface area contributed by atoms with Gasteiger partial charge in [0.05, 0.1) is 0 Å². The average Bonchev–Trinajstić information content (AvgIpc) is 2.37. The first kappa shape index (κ1) is 13.0. The molecule has 1 aromatic carbocycles. The van der Waals surface area contributed by atoms with E-state index in [4.69, 9.17) is 11.6 Å². The van der Waals surface area contributed by atoms with Gasteiger partial charge >= 0.3 is 5.69 Å². The highest BCUT2D eigenvalue weighted by Crippen LogP contribution is 2.14. The molecule has 0 aliphatic heterocycles. The smallest absolute Gasteiger partial charge is 0.342 e. The fourth-order valence-corrected chi connectivity index (χ4v) is 1.61. The van der Waals surface area contributed by atoms with Crippen molar-refractivity contribution in [2.24, 2.45) is 0 Å². The predicted octanol–water partition coefficient (Wildman–Crippen LogP) is 0.0416. The Hall–Kier alpha value is -2.41. The van der Waals surface area contributed by atoms with E-state index in [9.17, 15) is 14.4 Å². The van der Waals surface area contributed by atoms with Crippen molar-refractivity contribution < 1.29 is 4.79 Å². The molecular formula is C11H9ClN4O3. The Bertz CT molecular complexity index is 722. The predicted molar refractivity (Wildman–Crippen MR) is 68.1 cm³/mol. The lowest BCUT2D eigenvalue weighted by molar-refractivity contribution is 0.0943. The third-order valence-corrected chi connectivity index (χ3v) is 2.69. The Labute approximate surface area is 111 Å². The Kier molecular flexibility index (Phi) is 3.76. The molecular weight excluding hydrogens is 272 g/mol. The number of amides is 1. The standard InChI is InChI=1S/C11H9ClN4O3/c12-7-4-2-1-3-6(7)5-13-9(17)8-10(18)14-11(19)16-15-8/h1-4H,5H2,(H,13,17)(H2,14,16,18,19). The van der Waals surface area contributed by atoms with Gasteiger partial charge in [0.2, 0.25) is 5.69 Å². The molecule has 7 nitrogen and oxygen atoms in total. The van der Waals surface area contributed by atoms with Gasteiger partial charge in [0.25, 0.3) is 11.5 Å². The van der Waals surface area contributed by atoms with Gasteiger partial charge in [-0.15, -0.1) is 0 Å². The summed E-state index contributed by atoms with van der Waals surface area (Å²) >= 11 is 5.92. The number of aromatic amines is 2. The van der Waals surface area contributed by atoms with Gasteiger partial charge in [-0.3, -0.25) is 14.6 Å². The summed E-state index contributed by atoms with van der Waals surface area (Å²) in [6, 6.07) is 6.97. The largest absolute Gasteiger partial charge is 0.346 e. The third-order valence-electron chi connectivity index (χ3n) is 2.32. The number of halogens is 1. The molecule has 8 heteroatoms. The molecule has 1 heterocycles. The summed E-state index contributed by atoms with van der Waals surface area (Å²) in [4.78, 5) is 35.7. The number of nitrogens with zero attached hydrogens (tertiary/aromatic N) is 1. The van der Waals surface area contributed by atoms with Gasteiger partial charge in [0.1, 0.15) is 0 Å². The van der Waals surface area contributed by atoms with Crippen LogP contribution < -0.4 is 16.6 Å². The van der Waals surface area contributed by atoms with Crippen molar-refractivity contribution in [1.29, 1.82) is 0 Å². The molecule has 98 valence electrons. The van der Waals surface area contributed by atoms with E-state index in [-0.39, 0.29) is 6.54 Å². The van der Waals surface area contributed by atoms with E-state index in [1.807, 2.05) is 10.1 Å². The summed E-state index contributed by atoms with van der Waals surface area (Å²) < 4.78 is 0. The monoisotopic (exact) mass is 280 g/mol. The van der Waals surface area contributed by atoms with Crippen LogP contribution in [-0.2, 0) is 6.54 Å². The molecule has 0 fully saturated rings. The van der Waals surface area contributed by atoms with Crippen LogP contribution in [0.1, 0.15) is 16.1 Å². The fraction of sp³-hybridized carbons (Fsp3) is 0.0909. The number of aromatic nitrogens is 3. The highest BCUT2D eigenvalue weighted by molar-refractivity contribution is 6.31. The molecule has 0 aliphatic rings. The van der Waals surface area contributed by atoms with E-state index in [0.29, 0.717) is 10.6 Å². The van der Waals surface area contributed by atoms with Gasteiger partial charge < -0.3 is 5.32 Å². The summed E-state index contributed by atoms with van der Waals surface area (Å²) in [5.74, 6) is -0.697. The summed E-state index contributed by atoms with van der Waals surface area (Å²) in [5.41, 5.74) is -1.32. The van der Waals surface area contributed by atoms with Crippen LogP contribution in [0.15, 0.2) is 33.9 Å². The van der Waals surface area contributed by atoms with Crippen molar-refractivity contribution in [1.82, 2.24) is 20.5 Å². The van der Waals surface area contributed by atoms with Gasteiger partial charge in [-0.1, -0.05) is 29.8 Å². The average molecular weight is 281 g/mol. The molecule has 1 amide bonds. The van der Waals surface area contributed by atoms with Gasteiger partial charge in [-0.05, 0) is 11.6 Å². The lowest BCUT2D eigenvalue weighted by atomic mass is 10.2. The van der Waals surface area contributed by atoms with E-state index in [0.717, 1.165) is 0 Å². The SMILES string of the molecule is O=C(NCc1ccccc1Cl)c1n[nH]c(=O)[nH]c1=O. The first-order valence-corrected chi connectivity index (χ1v) is 5.66. The van der Waals surface area contributed by atoms with Crippen molar-refractivity contribution in [2.75, 3.05) is 0 Å². The number of benzene rings is 1. The van der Waals surface area contributed by atoms with E-state index in [1.54, 1.807) is 24.3 Å². The zero-order valence-corrected chi connectivity index (χ0v) is 10.3. The van der Waals surface area contributed by atoms with Crippen LogP contribution in [-0.4, -0.2) is 21.1 Å². The molecule has 0 spiro atoms. The van der Waals surface area contributed by atoms with Crippen LogP contribution >= 0.6 is 11.6 Å². The van der Waals surface area contributed by atoms with E-state index >= 15 is 0 Å². The lowest BCUT2D eigenvalue weighted by Crippen LogP contribution is -2.35. The second kappa shape index (κ2) is 5.49. The van der Waals surface area contributed by atoms with Crippen LogP contribution in [0.5, 0.6) is 0 Å². The second-order valence-corrected chi connectivity index (χ2v) is 4.04. The Morgan fingerprint density at radius 1 is 1.32 bits per heavy atom. The number of carbonyl (C=O) groups is 1. The first-order chi connectivity index (χ1) is 9.08. The second-order valence-electron chi connectivity index (χ2n) is 3.63. The molecule has 3 N–H and O–H groups in total. The van der Waals surface area contributed by atoms with E-state index in [1.165, 1.54) is 0 Å². The Morgan fingerprint density at radius 3 is 2.74 bits per heavy atom.